The molecule has 11 heteroatoms. The Bertz CT molecular complexity index is 1720. The van der Waals surface area contributed by atoms with E-state index in [9.17, 15) is 27.9 Å². The van der Waals surface area contributed by atoms with Crippen LogP contribution in [0.3, 0.4) is 0 Å². The maximum atomic E-state index is 14.5. The van der Waals surface area contributed by atoms with Gasteiger partial charge in [-0.3, -0.25) is 19.4 Å². The van der Waals surface area contributed by atoms with E-state index in [1.54, 1.807) is 53.7 Å². The molecule has 2 fully saturated rings. The van der Waals surface area contributed by atoms with E-state index in [4.69, 9.17) is 0 Å². The van der Waals surface area contributed by atoms with Crippen LogP contribution in [0.4, 0.5) is 5.69 Å². The summed E-state index contributed by atoms with van der Waals surface area (Å²) in [5, 5.41) is 11.7. The lowest BCUT2D eigenvalue weighted by molar-refractivity contribution is -0.144. The number of hydrogen-bond acceptors (Lipinski definition) is 7. The fourth-order valence-corrected chi connectivity index (χ4v) is 7.73. The van der Waals surface area contributed by atoms with E-state index in [2.05, 4.69) is 4.98 Å². The second-order valence-electron chi connectivity index (χ2n) is 10.6. The molecule has 0 saturated carbocycles. The van der Waals surface area contributed by atoms with Crippen molar-refractivity contribution in [2.75, 3.05) is 24.5 Å². The Morgan fingerprint density at radius 3 is 2.36 bits per heavy atom. The first-order valence-corrected chi connectivity index (χ1v) is 15.4. The number of aliphatic hydroxyl groups excluding tert-OH is 1. The number of hydrogen-bond donors (Lipinski definition) is 1. The topological polar surface area (TPSA) is 128 Å². The molecule has 42 heavy (non-hydrogen) atoms. The van der Waals surface area contributed by atoms with Crippen LogP contribution in [0.25, 0.3) is 5.76 Å². The zero-order chi connectivity index (χ0) is 29.6. The molecule has 3 aliphatic heterocycles. The summed E-state index contributed by atoms with van der Waals surface area (Å²) in [5.74, 6) is -2.97. The number of para-hydroxylation sites is 1. The van der Waals surface area contributed by atoms with Crippen LogP contribution in [0, 0.1) is 0 Å². The molecule has 1 atom stereocenters. The number of nitrogens with zero attached hydrogens (tertiary/aromatic N) is 4. The second-order valence-corrected chi connectivity index (χ2v) is 12.6. The van der Waals surface area contributed by atoms with E-state index in [0.717, 1.165) is 12.8 Å². The fourth-order valence-electron chi connectivity index (χ4n) is 6.21. The number of carbonyl (C=O) groups excluding carboxylic acids is 3. The fraction of sp³-hybridized carbons (Fsp3) is 0.290. The van der Waals surface area contributed by atoms with Crippen molar-refractivity contribution in [3.05, 3.63) is 95.3 Å². The van der Waals surface area contributed by atoms with Crippen LogP contribution >= 0.6 is 0 Å². The van der Waals surface area contributed by atoms with Gasteiger partial charge in [0.2, 0.25) is 10.0 Å². The molecule has 1 aromatic heterocycles. The van der Waals surface area contributed by atoms with Crippen molar-refractivity contribution in [1.82, 2.24) is 14.2 Å². The predicted octanol–water partition coefficient (Wildman–Crippen LogP) is 3.40. The minimum Gasteiger partial charge on any atom is -0.507 e. The first-order valence-electron chi connectivity index (χ1n) is 13.9. The molecule has 0 aliphatic carbocycles. The summed E-state index contributed by atoms with van der Waals surface area (Å²) >= 11 is 0. The summed E-state index contributed by atoms with van der Waals surface area (Å²) in [6.45, 7) is 3.06. The van der Waals surface area contributed by atoms with Gasteiger partial charge in [-0.25, -0.2) is 8.42 Å². The zero-order valence-electron chi connectivity index (χ0n) is 23.1. The number of aliphatic hydroxyl groups is 1. The Labute approximate surface area is 243 Å². The van der Waals surface area contributed by atoms with Crippen molar-refractivity contribution in [2.45, 2.75) is 43.2 Å². The standard InChI is InChI=1S/C31H30N4O6S/c1-2-16-34-25-10-4-3-9-24(25)31(30(34)39)26(28(37)29(38)35(31)20-21-8-7-15-32-19-21)27(36)22-11-13-23(14-12-22)42(40,41)33-17-5-6-18-33/h3-4,7-15,19,36H,2,5-6,16-18,20H2,1H3/b27-26+. The highest BCUT2D eigenvalue weighted by Crippen LogP contribution is 2.54. The molecule has 1 N–H and O–H groups in total. The van der Waals surface area contributed by atoms with Crippen molar-refractivity contribution in [3.8, 4) is 0 Å². The van der Waals surface area contributed by atoms with Gasteiger partial charge < -0.3 is 14.9 Å². The van der Waals surface area contributed by atoms with Gasteiger partial charge in [-0.2, -0.15) is 4.31 Å². The molecule has 1 unspecified atom stereocenters. The number of benzene rings is 2. The maximum Gasteiger partial charge on any atom is 0.296 e. The molecular weight excluding hydrogens is 556 g/mol. The molecular formula is C31H30N4O6S. The molecule has 3 aliphatic rings. The Hall–Kier alpha value is -4.35. The summed E-state index contributed by atoms with van der Waals surface area (Å²) in [6.07, 6.45) is 5.35. The molecule has 2 saturated heterocycles. The summed E-state index contributed by atoms with van der Waals surface area (Å²) < 4.78 is 27.5. The van der Waals surface area contributed by atoms with E-state index < -0.39 is 38.9 Å². The number of aromatic nitrogens is 1. The van der Waals surface area contributed by atoms with Crippen molar-refractivity contribution >= 4 is 39.1 Å². The largest absolute Gasteiger partial charge is 0.507 e. The van der Waals surface area contributed by atoms with Crippen molar-refractivity contribution < 1.29 is 27.9 Å². The van der Waals surface area contributed by atoms with E-state index in [-0.39, 0.29) is 22.6 Å². The quantitative estimate of drug-likeness (QED) is 0.255. The van der Waals surface area contributed by atoms with Crippen molar-refractivity contribution in [1.29, 1.82) is 0 Å². The third-order valence-electron chi connectivity index (χ3n) is 8.15. The van der Waals surface area contributed by atoms with Gasteiger partial charge in [0, 0.05) is 49.7 Å². The summed E-state index contributed by atoms with van der Waals surface area (Å²) in [6, 6.07) is 15.9. The average Bonchev–Trinajstić information content (AvgIpc) is 3.69. The van der Waals surface area contributed by atoms with Gasteiger partial charge in [0.25, 0.3) is 17.6 Å². The number of amides is 2. The third kappa shape index (κ3) is 4.06. The predicted molar refractivity (Wildman–Crippen MR) is 155 cm³/mol. The molecule has 1 spiro atoms. The molecule has 4 heterocycles. The molecule has 3 aromatic rings. The van der Waals surface area contributed by atoms with E-state index >= 15 is 0 Å². The zero-order valence-corrected chi connectivity index (χ0v) is 23.9. The summed E-state index contributed by atoms with van der Waals surface area (Å²) in [7, 11) is -3.71. The van der Waals surface area contributed by atoms with Gasteiger partial charge in [0.1, 0.15) is 5.76 Å². The Morgan fingerprint density at radius 1 is 0.976 bits per heavy atom. The molecule has 0 radical (unpaired) electrons. The smallest absolute Gasteiger partial charge is 0.296 e. The lowest BCUT2D eigenvalue weighted by Crippen LogP contribution is -2.51. The highest BCUT2D eigenvalue weighted by atomic mass is 32.2. The van der Waals surface area contributed by atoms with Crippen LogP contribution in [0.2, 0.25) is 0 Å². The van der Waals surface area contributed by atoms with Gasteiger partial charge in [-0.15, -0.1) is 0 Å². The molecule has 0 bridgehead atoms. The number of likely N-dealkylation sites (tertiary alicyclic amines) is 1. The number of fused-ring (bicyclic) bond motifs is 2. The number of ketones is 1. The number of pyridine rings is 1. The van der Waals surface area contributed by atoms with E-state index in [1.165, 1.54) is 33.5 Å². The Balaban J connectivity index is 1.54. The number of anilines is 1. The van der Waals surface area contributed by atoms with Gasteiger partial charge in [-0.1, -0.05) is 31.2 Å². The van der Waals surface area contributed by atoms with Crippen molar-refractivity contribution in [3.63, 3.8) is 0 Å². The monoisotopic (exact) mass is 586 g/mol. The molecule has 2 amide bonds. The third-order valence-corrected chi connectivity index (χ3v) is 10.1. The van der Waals surface area contributed by atoms with Gasteiger partial charge in [0.15, 0.2) is 5.54 Å². The number of rotatable bonds is 7. The normalized spacial score (nSPS) is 22.0. The first kappa shape index (κ1) is 27.8. The lowest BCUT2D eigenvalue weighted by atomic mass is 9.81. The highest BCUT2D eigenvalue weighted by Gasteiger charge is 2.67. The number of carbonyl (C=O) groups is 3. The van der Waals surface area contributed by atoms with E-state index in [1.807, 2.05) is 6.92 Å². The Morgan fingerprint density at radius 2 is 1.69 bits per heavy atom. The van der Waals surface area contributed by atoms with Crippen LogP contribution in [0.15, 0.2) is 83.5 Å². The molecule has 216 valence electrons. The molecule has 6 rings (SSSR count). The van der Waals surface area contributed by atoms with Crippen LogP contribution in [0.1, 0.15) is 42.9 Å². The van der Waals surface area contributed by atoms with E-state index in [0.29, 0.717) is 42.9 Å². The van der Waals surface area contributed by atoms with Crippen LogP contribution < -0.4 is 4.90 Å². The van der Waals surface area contributed by atoms with Gasteiger partial charge >= 0.3 is 0 Å². The summed E-state index contributed by atoms with van der Waals surface area (Å²) in [5.41, 5.74) is -0.563. The second kappa shape index (κ2) is 10.5. The van der Waals surface area contributed by atoms with Gasteiger partial charge in [-0.05, 0) is 61.2 Å². The number of sulfonamides is 1. The van der Waals surface area contributed by atoms with Gasteiger partial charge in [0.05, 0.1) is 16.2 Å². The molecule has 10 nitrogen and oxygen atoms in total. The Kier molecular flexibility index (Phi) is 6.94. The summed E-state index contributed by atoms with van der Waals surface area (Å²) in [4.78, 5) is 49.0. The SMILES string of the molecule is CCCN1C(=O)C2(/C(=C(/O)c3ccc(S(=O)(=O)N4CCCC4)cc3)C(=O)C(=O)N2Cc2cccnc2)c2ccccc21. The van der Waals surface area contributed by atoms with Crippen molar-refractivity contribution in [2.24, 2.45) is 0 Å². The molecule has 2 aromatic carbocycles. The van der Waals surface area contributed by atoms with Crippen LogP contribution in [-0.4, -0.2) is 64.9 Å². The average molecular weight is 587 g/mol. The highest BCUT2D eigenvalue weighted by molar-refractivity contribution is 7.89. The minimum atomic E-state index is -3.71. The lowest BCUT2D eigenvalue weighted by Gasteiger charge is -2.34. The minimum absolute atomic E-state index is 0.0594. The first-order chi connectivity index (χ1) is 20.2. The number of Topliss-reactive ketones (excluding diaryl/α,β-unsaturated/α-hetero) is 1. The maximum absolute atomic E-state index is 14.5. The van der Waals surface area contributed by atoms with Crippen LogP contribution in [0.5, 0.6) is 0 Å². The van der Waals surface area contributed by atoms with Crippen LogP contribution in [-0.2, 0) is 36.5 Å².